The number of rotatable bonds is 2. The van der Waals surface area contributed by atoms with E-state index in [1.54, 1.807) is 11.9 Å². The van der Waals surface area contributed by atoms with Gasteiger partial charge in [-0.25, -0.2) is 5.84 Å². The summed E-state index contributed by atoms with van der Waals surface area (Å²) >= 11 is 0. The molecule has 1 aliphatic rings. The Kier molecular flexibility index (Phi) is 3.34. The summed E-state index contributed by atoms with van der Waals surface area (Å²) < 4.78 is 0. The second-order valence-electron chi connectivity index (χ2n) is 4.60. The van der Waals surface area contributed by atoms with Crippen molar-refractivity contribution in [2.75, 3.05) is 19.0 Å². The molecule has 1 aromatic rings. The molecule has 96 valence electrons. The van der Waals surface area contributed by atoms with Gasteiger partial charge in [-0.3, -0.25) is 14.6 Å². The van der Waals surface area contributed by atoms with Gasteiger partial charge >= 0.3 is 0 Å². The number of fused-ring (bicyclic) bond motifs is 1. The Morgan fingerprint density at radius 1 is 1.44 bits per heavy atom. The molecule has 0 fully saturated rings. The first-order valence-electron chi connectivity index (χ1n) is 5.88. The van der Waals surface area contributed by atoms with Crippen molar-refractivity contribution in [3.63, 3.8) is 0 Å². The minimum absolute atomic E-state index is 0.129. The second-order valence-corrected chi connectivity index (χ2v) is 4.60. The average Bonchev–Trinajstić information content (AvgIpc) is 2.34. The quantitative estimate of drug-likeness (QED) is 0.469. The Morgan fingerprint density at radius 2 is 2.17 bits per heavy atom. The number of hydrogen-bond acceptors (Lipinski definition) is 3. The number of carbonyl (C=O) groups excluding carboxylic acids is 2. The zero-order valence-electron chi connectivity index (χ0n) is 10.6. The lowest BCUT2D eigenvalue weighted by atomic mass is 9.98. The molecule has 0 bridgehead atoms. The van der Waals surface area contributed by atoms with Gasteiger partial charge in [0.05, 0.1) is 6.42 Å². The first kappa shape index (κ1) is 12.6. The third-order valence-corrected chi connectivity index (χ3v) is 3.24. The minimum Gasteiger partial charge on any atom is -0.315 e. The summed E-state index contributed by atoms with van der Waals surface area (Å²) in [4.78, 5) is 24.8. The van der Waals surface area contributed by atoms with Crippen molar-refractivity contribution in [1.82, 2.24) is 5.01 Å². The van der Waals surface area contributed by atoms with E-state index >= 15 is 0 Å². The van der Waals surface area contributed by atoms with E-state index in [2.05, 4.69) is 0 Å². The number of amides is 2. The van der Waals surface area contributed by atoms with E-state index in [0.717, 1.165) is 28.2 Å². The largest absolute Gasteiger partial charge is 0.315 e. The maximum Gasteiger partial charge on any atom is 0.240 e. The summed E-state index contributed by atoms with van der Waals surface area (Å²) in [6, 6.07) is 5.75. The second kappa shape index (κ2) is 4.78. The van der Waals surface area contributed by atoms with Gasteiger partial charge in [0.25, 0.3) is 0 Å². The molecular weight excluding hydrogens is 230 g/mol. The SMILES string of the molecule is CN(N)C(=O)Cc1ccc2c(c1)CCC(=O)N2C. The predicted molar refractivity (Wildman–Crippen MR) is 68.8 cm³/mol. The van der Waals surface area contributed by atoms with Gasteiger partial charge in [-0.2, -0.15) is 0 Å². The van der Waals surface area contributed by atoms with Gasteiger partial charge in [-0.05, 0) is 23.6 Å². The number of carbonyl (C=O) groups is 2. The lowest BCUT2D eigenvalue weighted by Gasteiger charge is -2.26. The number of likely N-dealkylation sites (N-methyl/N-ethyl adjacent to an activating group) is 1. The number of nitrogens with two attached hydrogens (primary N) is 1. The Morgan fingerprint density at radius 3 is 2.83 bits per heavy atom. The highest BCUT2D eigenvalue weighted by atomic mass is 16.2. The fourth-order valence-corrected chi connectivity index (χ4v) is 2.12. The van der Waals surface area contributed by atoms with Crippen LogP contribution in [0.1, 0.15) is 17.5 Å². The zero-order chi connectivity index (χ0) is 13.3. The molecule has 1 heterocycles. The fraction of sp³-hybridized carbons (Fsp3) is 0.385. The van der Waals surface area contributed by atoms with Crippen LogP contribution in [0.25, 0.3) is 0 Å². The summed E-state index contributed by atoms with van der Waals surface area (Å²) in [6.45, 7) is 0. The first-order valence-corrected chi connectivity index (χ1v) is 5.88. The van der Waals surface area contributed by atoms with E-state index in [1.165, 1.54) is 7.05 Å². The molecule has 2 N–H and O–H groups in total. The number of hydrazine groups is 1. The number of aryl methyl sites for hydroxylation is 1. The number of anilines is 1. The summed E-state index contributed by atoms with van der Waals surface area (Å²) in [5, 5.41) is 1.09. The highest BCUT2D eigenvalue weighted by Crippen LogP contribution is 2.27. The lowest BCUT2D eigenvalue weighted by Crippen LogP contribution is -2.34. The molecule has 0 saturated heterocycles. The minimum atomic E-state index is -0.129. The molecule has 18 heavy (non-hydrogen) atoms. The first-order chi connectivity index (χ1) is 8.49. The number of hydrogen-bond donors (Lipinski definition) is 1. The molecule has 0 aromatic heterocycles. The van der Waals surface area contributed by atoms with E-state index < -0.39 is 0 Å². The van der Waals surface area contributed by atoms with Crippen molar-refractivity contribution in [2.24, 2.45) is 5.84 Å². The van der Waals surface area contributed by atoms with Crippen molar-refractivity contribution >= 4 is 17.5 Å². The Hall–Kier alpha value is -1.88. The lowest BCUT2D eigenvalue weighted by molar-refractivity contribution is -0.129. The maximum atomic E-state index is 11.6. The summed E-state index contributed by atoms with van der Waals surface area (Å²) in [5.41, 5.74) is 2.98. The van der Waals surface area contributed by atoms with Gasteiger partial charge in [0.2, 0.25) is 11.8 Å². The molecule has 0 radical (unpaired) electrons. The van der Waals surface area contributed by atoms with Crippen LogP contribution in [0.4, 0.5) is 5.69 Å². The van der Waals surface area contributed by atoms with Crippen LogP contribution in [0, 0.1) is 0 Å². The van der Waals surface area contributed by atoms with E-state index in [9.17, 15) is 9.59 Å². The van der Waals surface area contributed by atoms with Crippen molar-refractivity contribution in [3.8, 4) is 0 Å². The third kappa shape index (κ3) is 2.36. The maximum absolute atomic E-state index is 11.6. The van der Waals surface area contributed by atoms with Gasteiger partial charge in [-0.1, -0.05) is 12.1 Å². The van der Waals surface area contributed by atoms with E-state index in [4.69, 9.17) is 5.84 Å². The number of benzene rings is 1. The summed E-state index contributed by atoms with van der Waals surface area (Å²) in [7, 11) is 3.31. The zero-order valence-corrected chi connectivity index (χ0v) is 10.6. The van der Waals surface area contributed by atoms with Crippen LogP contribution in [0.15, 0.2) is 18.2 Å². The molecule has 0 aliphatic carbocycles. The highest BCUT2D eigenvalue weighted by Gasteiger charge is 2.21. The molecule has 5 nitrogen and oxygen atoms in total. The van der Waals surface area contributed by atoms with Crippen LogP contribution in [0.3, 0.4) is 0 Å². The molecule has 0 saturated carbocycles. The molecular formula is C13H17N3O2. The van der Waals surface area contributed by atoms with Crippen LogP contribution in [-0.4, -0.2) is 30.9 Å². The highest BCUT2D eigenvalue weighted by molar-refractivity contribution is 5.96. The van der Waals surface area contributed by atoms with Crippen LogP contribution in [-0.2, 0) is 22.4 Å². The van der Waals surface area contributed by atoms with Crippen LogP contribution in [0.5, 0.6) is 0 Å². The predicted octanol–water partition coefficient (Wildman–Crippen LogP) is 0.470. The molecule has 1 aliphatic heterocycles. The monoisotopic (exact) mass is 247 g/mol. The molecule has 2 amide bonds. The third-order valence-electron chi connectivity index (χ3n) is 3.24. The summed E-state index contributed by atoms with van der Waals surface area (Å²) in [5.74, 6) is 5.40. The fourth-order valence-electron chi connectivity index (χ4n) is 2.12. The smallest absolute Gasteiger partial charge is 0.240 e. The van der Waals surface area contributed by atoms with Gasteiger partial charge in [0, 0.05) is 26.2 Å². The Balaban J connectivity index is 2.23. The van der Waals surface area contributed by atoms with Gasteiger partial charge in [0.15, 0.2) is 0 Å². The molecule has 2 rings (SSSR count). The Labute approximate surface area is 106 Å². The number of nitrogens with zero attached hydrogens (tertiary/aromatic N) is 2. The van der Waals surface area contributed by atoms with E-state index in [-0.39, 0.29) is 18.2 Å². The topological polar surface area (TPSA) is 66.6 Å². The van der Waals surface area contributed by atoms with Gasteiger partial charge in [-0.15, -0.1) is 0 Å². The van der Waals surface area contributed by atoms with Crippen LogP contribution in [0.2, 0.25) is 0 Å². The van der Waals surface area contributed by atoms with Crippen LogP contribution < -0.4 is 10.7 Å². The molecule has 0 spiro atoms. The Bertz CT molecular complexity index is 497. The summed E-state index contributed by atoms with van der Waals surface area (Å²) in [6.07, 6.45) is 1.55. The molecule has 5 heteroatoms. The average molecular weight is 247 g/mol. The van der Waals surface area contributed by atoms with Crippen molar-refractivity contribution in [2.45, 2.75) is 19.3 Å². The van der Waals surface area contributed by atoms with Crippen molar-refractivity contribution in [1.29, 1.82) is 0 Å². The van der Waals surface area contributed by atoms with Crippen molar-refractivity contribution < 1.29 is 9.59 Å². The van der Waals surface area contributed by atoms with Crippen molar-refractivity contribution in [3.05, 3.63) is 29.3 Å². The molecule has 0 unspecified atom stereocenters. The van der Waals surface area contributed by atoms with Crippen LogP contribution >= 0.6 is 0 Å². The van der Waals surface area contributed by atoms with Gasteiger partial charge in [0.1, 0.15) is 0 Å². The molecule has 1 aromatic carbocycles. The van der Waals surface area contributed by atoms with Gasteiger partial charge < -0.3 is 4.90 Å². The standard InChI is InChI=1S/C13H17N3O2/c1-15-11-5-3-9(8-13(18)16(2)14)7-10(11)4-6-12(15)17/h3,5,7H,4,6,8,14H2,1-2H3. The normalized spacial score (nSPS) is 14.4. The van der Waals surface area contributed by atoms with E-state index in [1.807, 2.05) is 18.2 Å². The molecule has 0 atom stereocenters. The van der Waals surface area contributed by atoms with E-state index in [0.29, 0.717) is 6.42 Å².